The van der Waals surface area contributed by atoms with E-state index in [0.717, 1.165) is 11.1 Å². The van der Waals surface area contributed by atoms with Gasteiger partial charge in [0.1, 0.15) is 29.2 Å². The van der Waals surface area contributed by atoms with Crippen LogP contribution in [-0.4, -0.2) is 42.8 Å². The third-order valence-electron chi connectivity index (χ3n) is 5.91. The normalized spacial score (nSPS) is 15.4. The smallest absolute Gasteiger partial charge is 0.258 e. The second-order valence-electron chi connectivity index (χ2n) is 8.47. The van der Waals surface area contributed by atoms with Crippen molar-refractivity contribution in [3.63, 3.8) is 0 Å². The molecular formula is C27H28FNO5. The Morgan fingerprint density at radius 3 is 2.29 bits per heavy atom. The number of aliphatic hydroxyl groups is 1. The molecule has 1 heterocycles. The summed E-state index contributed by atoms with van der Waals surface area (Å²) >= 11 is 0. The number of amides is 1. The van der Waals surface area contributed by atoms with E-state index in [1.165, 1.54) is 12.1 Å². The summed E-state index contributed by atoms with van der Waals surface area (Å²) in [6.45, 7) is 4.16. The van der Waals surface area contributed by atoms with Gasteiger partial charge < -0.3 is 24.2 Å². The lowest BCUT2D eigenvalue weighted by molar-refractivity contribution is 0.0706. The average molecular weight is 466 g/mol. The summed E-state index contributed by atoms with van der Waals surface area (Å²) in [6, 6.07) is 13.5. The lowest BCUT2D eigenvalue weighted by Crippen LogP contribution is -2.35. The first-order valence-corrected chi connectivity index (χ1v) is 11.0. The molecule has 4 rings (SSSR count). The van der Waals surface area contributed by atoms with Crippen LogP contribution in [0.15, 0.2) is 48.5 Å². The second kappa shape index (κ2) is 9.73. The number of halogens is 1. The number of carbonyl (C=O) groups is 1. The van der Waals surface area contributed by atoms with Gasteiger partial charge in [-0.25, -0.2) is 4.39 Å². The fourth-order valence-corrected chi connectivity index (χ4v) is 4.31. The number of hydrogen-bond acceptors (Lipinski definition) is 5. The predicted molar refractivity (Wildman–Crippen MR) is 127 cm³/mol. The largest absolute Gasteiger partial charge is 0.497 e. The van der Waals surface area contributed by atoms with Gasteiger partial charge in [0.15, 0.2) is 0 Å². The van der Waals surface area contributed by atoms with Crippen LogP contribution >= 0.6 is 0 Å². The molecule has 0 radical (unpaired) electrons. The third kappa shape index (κ3) is 4.70. The Balaban J connectivity index is 1.79. The van der Waals surface area contributed by atoms with Crippen LogP contribution < -0.4 is 14.2 Å². The zero-order chi connectivity index (χ0) is 24.4. The van der Waals surface area contributed by atoms with E-state index in [-0.39, 0.29) is 24.4 Å². The highest BCUT2D eigenvalue weighted by atomic mass is 19.1. The van der Waals surface area contributed by atoms with Gasteiger partial charge >= 0.3 is 0 Å². The molecule has 7 heteroatoms. The van der Waals surface area contributed by atoms with Gasteiger partial charge in [-0.15, -0.1) is 0 Å². The lowest BCUT2D eigenvalue weighted by atomic mass is 9.94. The number of fused-ring (bicyclic) bond motifs is 1. The van der Waals surface area contributed by atoms with Crippen LogP contribution in [0.3, 0.4) is 0 Å². The van der Waals surface area contributed by atoms with Crippen molar-refractivity contribution in [2.24, 2.45) is 0 Å². The fraction of sp³-hybridized carbons (Fsp3) is 0.296. The zero-order valence-corrected chi connectivity index (χ0v) is 19.7. The summed E-state index contributed by atoms with van der Waals surface area (Å²) in [5.74, 6) is 1.17. The summed E-state index contributed by atoms with van der Waals surface area (Å²) in [7, 11) is 3.16. The van der Waals surface area contributed by atoms with Crippen molar-refractivity contribution >= 4 is 5.91 Å². The number of hydrogen-bond donors (Lipinski definition) is 1. The molecule has 0 saturated heterocycles. The Kier molecular flexibility index (Phi) is 6.75. The van der Waals surface area contributed by atoms with Crippen molar-refractivity contribution < 1.29 is 28.5 Å². The Bertz CT molecular complexity index is 1200. The molecule has 0 saturated carbocycles. The molecule has 1 aliphatic rings. The minimum Gasteiger partial charge on any atom is -0.497 e. The minimum absolute atomic E-state index is 0.211. The second-order valence-corrected chi connectivity index (χ2v) is 8.47. The average Bonchev–Trinajstić information content (AvgIpc) is 2.94. The van der Waals surface area contributed by atoms with Crippen LogP contribution in [0.25, 0.3) is 11.1 Å². The molecule has 1 atom stereocenters. The molecule has 0 spiro atoms. The van der Waals surface area contributed by atoms with E-state index < -0.39 is 0 Å². The van der Waals surface area contributed by atoms with Crippen LogP contribution in [-0.2, 0) is 13.2 Å². The van der Waals surface area contributed by atoms with Crippen LogP contribution in [0.1, 0.15) is 34.0 Å². The number of methoxy groups -OCH3 is 2. The Hall–Kier alpha value is -3.58. The van der Waals surface area contributed by atoms with Crippen molar-refractivity contribution in [3.8, 4) is 28.4 Å². The van der Waals surface area contributed by atoms with E-state index in [1.54, 1.807) is 50.3 Å². The maximum absolute atomic E-state index is 13.8. The van der Waals surface area contributed by atoms with Gasteiger partial charge in [0.2, 0.25) is 0 Å². The molecule has 6 nitrogen and oxygen atoms in total. The SMILES string of the molecule is COc1cc(CN2CC(C)Oc3c(cc(CO)cc3-c3ccc(F)cc3C)C2=O)cc(OC)c1. The van der Waals surface area contributed by atoms with Gasteiger partial charge in [0.25, 0.3) is 5.91 Å². The Morgan fingerprint density at radius 2 is 1.68 bits per heavy atom. The first-order valence-electron chi connectivity index (χ1n) is 11.0. The Morgan fingerprint density at radius 1 is 1.00 bits per heavy atom. The standard InChI is InChI=1S/C27H28FNO5/c1-16-7-20(28)5-6-23(16)24-10-19(15-30)11-25-26(24)34-17(2)13-29(27(25)31)14-18-8-21(32-3)12-22(9-18)33-4/h5-12,17,30H,13-15H2,1-4H3. The summed E-state index contributed by atoms with van der Waals surface area (Å²) in [5, 5.41) is 9.90. The summed E-state index contributed by atoms with van der Waals surface area (Å²) in [6.07, 6.45) is -0.294. The van der Waals surface area contributed by atoms with Crippen molar-refractivity contribution in [2.45, 2.75) is 33.1 Å². The molecule has 178 valence electrons. The first kappa shape index (κ1) is 23.6. The van der Waals surface area contributed by atoms with E-state index in [2.05, 4.69) is 0 Å². The highest BCUT2D eigenvalue weighted by Crippen LogP contribution is 2.39. The number of aliphatic hydroxyl groups excluding tert-OH is 1. The van der Waals surface area contributed by atoms with Gasteiger partial charge in [-0.1, -0.05) is 6.07 Å². The zero-order valence-electron chi connectivity index (χ0n) is 19.7. The monoisotopic (exact) mass is 465 g/mol. The molecule has 1 N–H and O–H groups in total. The summed E-state index contributed by atoms with van der Waals surface area (Å²) < 4.78 is 30.8. The van der Waals surface area contributed by atoms with E-state index >= 15 is 0 Å². The molecule has 0 fully saturated rings. The predicted octanol–water partition coefficient (Wildman–Crippen LogP) is 4.73. The highest BCUT2D eigenvalue weighted by Gasteiger charge is 2.30. The van der Waals surface area contributed by atoms with Crippen LogP contribution in [0.4, 0.5) is 4.39 Å². The van der Waals surface area contributed by atoms with Gasteiger partial charge in [0.05, 0.1) is 32.9 Å². The molecule has 0 bridgehead atoms. The van der Waals surface area contributed by atoms with Crippen LogP contribution in [0.5, 0.6) is 17.2 Å². The topological polar surface area (TPSA) is 68.2 Å². The highest BCUT2D eigenvalue weighted by molar-refractivity contribution is 6.00. The molecule has 1 aliphatic heterocycles. The number of benzene rings is 3. The number of rotatable bonds is 6. The molecule has 0 aliphatic carbocycles. The molecule has 0 aromatic heterocycles. The van der Waals surface area contributed by atoms with Crippen molar-refractivity contribution in [2.75, 3.05) is 20.8 Å². The van der Waals surface area contributed by atoms with Gasteiger partial charge in [0, 0.05) is 18.2 Å². The first-order chi connectivity index (χ1) is 16.3. The lowest BCUT2D eigenvalue weighted by Gasteiger charge is -2.23. The number of nitrogens with zero attached hydrogens (tertiary/aromatic N) is 1. The number of aryl methyl sites for hydroxylation is 1. The van der Waals surface area contributed by atoms with Gasteiger partial charge in [-0.2, -0.15) is 0 Å². The molecule has 3 aromatic carbocycles. The molecular weight excluding hydrogens is 437 g/mol. The molecule has 34 heavy (non-hydrogen) atoms. The van der Waals surface area contributed by atoms with E-state index in [9.17, 15) is 14.3 Å². The molecule has 3 aromatic rings. The van der Waals surface area contributed by atoms with E-state index in [4.69, 9.17) is 14.2 Å². The molecule has 1 unspecified atom stereocenters. The Labute approximate surface area is 198 Å². The van der Waals surface area contributed by atoms with Crippen LogP contribution in [0.2, 0.25) is 0 Å². The van der Waals surface area contributed by atoms with E-state index in [0.29, 0.717) is 52.6 Å². The number of carbonyl (C=O) groups excluding carboxylic acids is 1. The minimum atomic E-state index is -0.337. The summed E-state index contributed by atoms with van der Waals surface area (Å²) in [5.41, 5.74) is 3.92. The maximum atomic E-state index is 13.8. The maximum Gasteiger partial charge on any atom is 0.258 e. The summed E-state index contributed by atoms with van der Waals surface area (Å²) in [4.78, 5) is 15.4. The number of ether oxygens (including phenoxy) is 3. The van der Waals surface area contributed by atoms with Gasteiger partial charge in [-0.05, 0) is 72.5 Å². The molecule has 1 amide bonds. The quantitative estimate of drug-likeness (QED) is 0.570. The third-order valence-corrected chi connectivity index (χ3v) is 5.91. The van der Waals surface area contributed by atoms with E-state index in [1.807, 2.05) is 19.1 Å². The van der Waals surface area contributed by atoms with Crippen LogP contribution in [0, 0.1) is 12.7 Å². The van der Waals surface area contributed by atoms with Crippen molar-refractivity contribution in [3.05, 3.63) is 76.6 Å². The van der Waals surface area contributed by atoms with Crippen molar-refractivity contribution in [1.82, 2.24) is 4.90 Å². The fourth-order valence-electron chi connectivity index (χ4n) is 4.31. The van der Waals surface area contributed by atoms with Gasteiger partial charge in [-0.3, -0.25) is 4.79 Å². The van der Waals surface area contributed by atoms with Crippen molar-refractivity contribution in [1.29, 1.82) is 0 Å².